The second kappa shape index (κ2) is 5.36. The van der Waals surface area contributed by atoms with Gasteiger partial charge in [-0.15, -0.1) is 0 Å². The lowest BCUT2D eigenvalue weighted by atomic mass is 10.0. The van der Waals surface area contributed by atoms with E-state index in [9.17, 15) is 0 Å². The first-order chi connectivity index (χ1) is 5.07. The molecule has 0 amide bonds. The third kappa shape index (κ3) is 5.02. The lowest BCUT2D eigenvalue weighted by Crippen LogP contribution is -2.32. The summed E-state index contributed by atoms with van der Waals surface area (Å²) in [6, 6.07) is 0.608. The average Bonchev–Trinajstić information content (AvgIpc) is 1.98. The summed E-state index contributed by atoms with van der Waals surface area (Å²) < 4.78 is 0. The standard InChI is InChI=1S/C10H21N/c1-6-9(4)10(5)11-7-8(2)3/h9-11H,2,6-7H2,1,3-5H3/t9-,10-/m1/s1. The van der Waals surface area contributed by atoms with Crippen molar-refractivity contribution in [1.29, 1.82) is 0 Å². The molecule has 0 aromatic carbocycles. The van der Waals surface area contributed by atoms with Crippen molar-refractivity contribution in [2.45, 2.75) is 40.2 Å². The van der Waals surface area contributed by atoms with Gasteiger partial charge in [-0.1, -0.05) is 32.4 Å². The molecule has 1 heteroatoms. The summed E-state index contributed by atoms with van der Waals surface area (Å²) in [6.07, 6.45) is 1.24. The van der Waals surface area contributed by atoms with Gasteiger partial charge in [-0.05, 0) is 19.8 Å². The fraction of sp³-hybridized carbons (Fsp3) is 0.800. The van der Waals surface area contributed by atoms with Crippen molar-refractivity contribution in [3.8, 4) is 0 Å². The molecule has 0 aliphatic carbocycles. The van der Waals surface area contributed by atoms with Gasteiger partial charge in [0, 0.05) is 12.6 Å². The molecule has 0 spiro atoms. The van der Waals surface area contributed by atoms with E-state index in [0.29, 0.717) is 6.04 Å². The summed E-state index contributed by atoms with van der Waals surface area (Å²) >= 11 is 0. The maximum absolute atomic E-state index is 3.85. The van der Waals surface area contributed by atoms with Crippen LogP contribution in [-0.4, -0.2) is 12.6 Å². The third-order valence-electron chi connectivity index (χ3n) is 2.22. The zero-order valence-electron chi connectivity index (χ0n) is 8.28. The van der Waals surface area contributed by atoms with Gasteiger partial charge in [0.05, 0.1) is 0 Å². The summed E-state index contributed by atoms with van der Waals surface area (Å²) in [6.45, 7) is 13.6. The molecule has 1 nitrogen and oxygen atoms in total. The highest BCUT2D eigenvalue weighted by atomic mass is 14.9. The zero-order valence-corrected chi connectivity index (χ0v) is 8.28. The molecule has 2 atom stereocenters. The molecule has 0 heterocycles. The van der Waals surface area contributed by atoms with Crippen LogP contribution >= 0.6 is 0 Å². The van der Waals surface area contributed by atoms with Gasteiger partial charge in [0.15, 0.2) is 0 Å². The summed E-state index contributed by atoms with van der Waals surface area (Å²) in [5, 5.41) is 3.43. The predicted molar refractivity (Wildman–Crippen MR) is 51.7 cm³/mol. The number of hydrogen-bond acceptors (Lipinski definition) is 1. The fourth-order valence-corrected chi connectivity index (χ4v) is 0.890. The quantitative estimate of drug-likeness (QED) is 0.602. The Morgan fingerprint density at radius 1 is 1.45 bits per heavy atom. The first-order valence-electron chi connectivity index (χ1n) is 4.45. The van der Waals surface area contributed by atoms with E-state index in [1.165, 1.54) is 12.0 Å². The highest BCUT2D eigenvalue weighted by Gasteiger charge is 2.07. The smallest absolute Gasteiger partial charge is 0.0161 e. The summed E-state index contributed by atoms with van der Waals surface area (Å²) in [4.78, 5) is 0. The van der Waals surface area contributed by atoms with Gasteiger partial charge in [0.1, 0.15) is 0 Å². The minimum atomic E-state index is 0.608. The Kier molecular flexibility index (Phi) is 5.22. The van der Waals surface area contributed by atoms with Crippen molar-refractivity contribution in [2.24, 2.45) is 5.92 Å². The molecule has 1 N–H and O–H groups in total. The van der Waals surface area contributed by atoms with Gasteiger partial charge in [0.25, 0.3) is 0 Å². The van der Waals surface area contributed by atoms with Gasteiger partial charge in [-0.25, -0.2) is 0 Å². The number of hydrogen-bond donors (Lipinski definition) is 1. The van der Waals surface area contributed by atoms with E-state index in [2.05, 4.69) is 39.6 Å². The second-order valence-electron chi connectivity index (χ2n) is 3.51. The highest BCUT2D eigenvalue weighted by Crippen LogP contribution is 2.06. The third-order valence-corrected chi connectivity index (χ3v) is 2.22. The van der Waals surface area contributed by atoms with Crippen molar-refractivity contribution in [1.82, 2.24) is 5.32 Å². The molecule has 11 heavy (non-hydrogen) atoms. The van der Waals surface area contributed by atoms with Crippen LogP contribution in [0.2, 0.25) is 0 Å². The van der Waals surface area contributed by atoms with Crippen LogP contribution < -0.4 is 5.32 Å². The van der Waals surface area contributed by atoms with Crippen LogP contribution in [0.4, 0.5) is 0 Å². The Hall–Kier alpha value is -0.300. The Bertz CT molecular complexity index is 118. The Morgan fingerprint density at radius 2 is 2.00 bits per heavy atom. The molecule has 0 rings (SSSR count). The predicted octanol–water partition coefficient (Wildman–Crippen LogP) is 2.59. The van der Waals surface area contributed by atoms with Gasteiger partial charge in [-0.3, -0.25) is 0 Å². The van der Waals surface area contributed by atoms with Crippen LogP contribution in [0.15, 0.2) is 12.2 Å². The molecule has 0 unspecified atom stereocenters. The van der Waals surface area contributed by atoms with Crippen LogP contribution in [-0.2, 0) is 0 Å². The molecular formula is C10H21N. The van der Waals surface area contributed by atoms with Crippen molar-refractivity contribution in [3.63, 3.8) is 0 Å². The van der Waals surface area contributed by atoms with Crippen molar-refractivity contribution in [3.05, 3.63) is 12.2 Å². The van der Waals surface area contributed by atoms with Crippen LogP contribution in [0.5, 0.6) is 0 Å². The van der Waals surface area contributed by atoms with Crippen LogP contribution in [0.3, 0.4) is 0 Å². The maximum Gasteiger partial charge on any atom is 0.0161 e. The molecule has 0 fully saturated rings. The van der Waals surface area contributed by atoms with E-state index in [-0.39, 0.29) is 0 Å². The molecule has 0 radical (unpaired) electrons. The monoisotopic (exact) mass is 155 g/mol. The summed E-state index contributed by atoms with van der Waals surface area (Å²) in [5.74, 6) is 0.759. The largest absolute Gasteiger partial charge is 0.310 e. The normalized spacial score (nSPS) is 16.0. The lowest BCUT2D eigenvalue weighted by Gasteiger charge is -2.19. The highest BCUT2D eigenvalue weighted by molar-refractivity contribution is 4.91. The zero-order chi connectivity index (χ0) is 8.85. The maximum atomic E-state index is 3.85. The topological polar surface area (TPSA) is 12.0 Å². The molecule has 0 aromatic heterocycles. The van der Waals surface area contributed by atoms with Crippen molar-refractivity contribution < 1.29 is 0 Å². The molecule has 0 bridgehead atoms. The first kappa shape index (κ1) is 10.7. The molecule has 0 aliphatic heterocycles. The fourth-order valence-electron chi connectivity index (χ4n) is 0.890. The minimum absolute atomic E-state index is 0.608. The molecule has 0 aliphatic rings. The molecule has 66 valence electrons. The van der Waals surface area contributed by atoms with Crippen LogP contribution in [0, 0.1) is 5.92 Å². The Balaban J connectivity index is 3.51. The van der Waals surface area contributed by atoms with Gasteiger partial charge in [-0.2, -0.15) is 0 Å². The van der Waals surface area contributed by atoms with Crippen molar-refractivity contribution in [2.75, 3.05) is 6.54 Å². The van der Waals surface area contributed by atoms with Gasteiger partial charge in [0.2, 0.25) is 0 Å². The minimum Gasteiger partial charge on any atom is -0.310 e. The SMILES string of the molecule is C=C(C)CN[C@H](C)[C@H](C)CC. The molecular weight excluding hydrogens is 134 g/mol. The van der Waals surface area contributed by atoms with E-state index in [1.54, 1.807) is 0 Å². The van der Waals surface area contributed by atoms with E-state index >= 15 is 0 Å². The van der Waals surface area contributed by atoms with Gasteiger partial charge >= 0.3 is 0 Å². The number of nitrogens with one attached hydrogen (secondary N) is 1. The molecule has 0 saturated heterocycles. The average molecular weight is 155 g/mol. The van der Waals surface area contributed by atoms with E-state index in [1.807, 2.05) is 0 Å². The van der Waals surface area contributed by atoms with Crippen LogP contribution in [0.1, 0.15) is 34.1 Å². The number of rotatable bonds is 5. The summed E-state index contributed by atoms with van der Waals surface area (Å²) in [7, 11) is 0. The first-order valence-corrected chi connectivity index (χ1v) is 4.45. The van der Waals surface area contributed by atoms with Crippen LogP contribution in [0.25, 0.3) is 0 Å². The van der Waals surface area contributed by atoms with Crippen molar-refractivity contribution >= 4 is 0 Å². The van der Waals surface area contributed by atoms with E-state index in [0.717, 1.165) is 12.5 Å². The molecule has 0 aromatic rings. The lowest BCUT2D eigenvalue weighted by molar-refractivity contribution is 0.401. The van der Waals surface area contributed by atoms with E-state index < -0.39 is 0 Å². The van der Waals surface area contributed by atoms with Gasteiger partial charge < -0.3 is 5.32 Å². The second-order valence-corrected chi connectivity index (χ2v) is 3.51. The molecule has 0 saturated carbocycles. The van der Waals surface area contributed by atoms with E-state index in [4.69, 9.17) is 0 Å². The Morgan fingerprint density at radius 3 is 2.36 bits per heavy atom. The Labute approximate surface area is 70.9 Å². The summed E-state index contributed by atoms with van der Waals surface area (Å²) in [5.41, 5.74) is 1.21.